The Morgan fingerprint density at radius 1 is 1.17 bits per heavy atom. The van der Waals surface area contributed by atoms with E-state index in [0.29, 0.717) is 5.71 Å². The molecule has 0 fully saturated rings. The summed E-state index contributed by atoms with van der Waals surface area (Å²) >= 11 is 0. The van der Waals surface area contributed by atoms with Crippen LogP contribution in [0.1, 0.15) is 40.6 Å². The van der Waals surface area contributed by atoms with Crippen LogP contribution < -0.4 is 10.7 Å². The number of hydrogen-bond acceptors (Lipinski definition) is 4. The minimum atomic E-state index is -0.454. The monoisotopic (exact) mass is 327 g/mol. The van der Waals surface area contributed by atoms with Gasteiger partial charge in [-0.3, -0.25) is 9.59 Å². The van der Waals surface area contributed by atoms with Gasteiger partial charge in [0.15, 0.2) is 5.76 Å². The molecule has 0 atom stereocenters. The maximum atomic E-state index is 12.2. The number of hydrazone groups is 1. The Hall–Kier alpha value is -2.89. The Bertz CT molecular complexity index is 754. The van der Waals surface area contributed by atoms with Gasteiger partial charge in [-0.2, -0.15) is 5.10 Å². The fraction of sp³-hybridized carbons (Fsp3) is 0.278. The van der Waals surface area contributed by atoms with Crippen LogP contribution in [0.15, 0.2) is 40.0 Å². The van der Waals surface area contributed by atoms with Gasteiger partial charge in [0, 0.05) is 11.4 Å². The van der Waals surface area contributed by atoms with Gasteiger partial charge >= 0.3 is 5.91 Å². The molecule has 1 aromatic heterocycles. The van der Waals surface area contributed by atoms with Crippen molar-refractivity contribution in [3.8, 4) is 0 Å². The topological polar surface area (TPSA) is 83.7 Å². The molecule has 2 amide bonds. The lowest BCUT2D eigenvalue weighted by Crippen LogP contribution is -2.21. The van der Waals surface area contributed by atoms with Crippen molar-refractivity contribution < 1.29 is 14.0 Å². The zero-order valence-corrected chi connectivity index (χ0v) is 14.3. The summed E-state index contributed by atoms with van der Waals surface area (Å²) in [7, 11) is 0. The van der Waals surface area contributed by atoms with E-state index >= 15 is 0 Å². The molecule has 6 heteroatoms. The van der Waals surface area contributed by atoms with E-state index in [4.69, 9.17) is 4.42 Å². The Morgan fingerprint density at radius 3 is 2.42 bits per heavy atom. The Balaban J connectivity index is 1.94. The van der Waals surface area contributed by atoms with Crippen LogP contribution in [0.5, 0.6) is 0 Å². The van der Waals surface area contributed by atoms with Crippen molar-refractivity contribution in [1.29, 1.82) is 0 Å². The number of nitrogens with zero attached hydrogens (tertiary/aromatic N) is 1. The zero-order valence-electron chi connectivity index (χ0n) is 14.3. The molecule has 0 aliphatic heterocycles. The summed E-state index contributed by atoms with van der Waals surface area (Å²) in [4.78, 5) is 23.9. The van der Waals surface area contributed by atoms with Gasteiger partial charge in [0.2, 0.25) is 5.91 Å². The lowest BCUT2D eigenvalue weighted by atomic mass is 10.0. The van der Waals surface area contributed by atoms with Crippen molar-refractivity contribution in [3.63, 3.8) is 0 Å². The molecular weight excluding hydrogens is 306 g/mol. The minimum absolute atomic E-state index is 0.0885. The molecule has 0 saturated heterocycles. The van der Waals surface area contributed by atoms with Gasteiger partial charge < -0.3 is 9.73 Å². The van der Waals surface area contributed by atoms with Crippen molar-refractivity contribution >= 4 is 23.2 Å². The highest BCUT2D eigenvalue weighted by molar-refractivity contribution is 6.06. The molecule has 0 radical (unpaired) electrons. The summed E-state index contributed by atoms with van der Waals surface area (Å²) in [6, 6.07) is 7.20. The summed E-state index contributed by atoms with van der Waals surface area (Å²) < 4.78 is 4.96. The van der Waals surface area contributed by atoms with Crippen LogP contribution in [-0.4, -0.2) is 17.5 Å². The molecule has 24 heavy (non-hydrogen) atoms. The van der Waals surface area contributed by atoms with E-state index in [-0.39, 0.29) is 18.1 Å². The van der Waals surface area contributed by atoms with Crippen LogP contribution in [0.4, 0.5) is 5.69 Å². The molecule has 0 aliphatic carbocycles. The summed E-state index contributed by atoms with van der Waals surface area (Å²) in [5, 5.41) is 6.82. The lowest BCUT2D eigenvalue weighted by Gasteiger charge is -2.12. The van der Waals surface area contributed by atoms with E-state index < -0.39 is 5.91 Å². The maximum Gasteiger partial charge on any atom is 0.307 e. The fourth-order valence-corrected chi connectivity index (χ4v) is 2.44. The highest BCUT2D eigenvalue weighted by Gasteiger charge is 2.11. The summed E-state index contributed by atoms with van der Waals surface area (Å²) in [6.45, 7) is 7.61. The van der Waals surface area contributed by atoms with Gasteiger partial charge in [0.1, 0.15) is 0 Å². The van der Waals surface area contributed by atoms with Crippen molar-refractivity contribution in [2.75, 3.05) is 5.32 Å². The van der Waals surface area contributed by atoms with Crippen molar-refractivity contribution in [2.45, 2.75) is 34.1 Å². The van der Waals surface area contributed by atoms with Crippen molar-refractivity contribution in [3.05, 3.63) is 53.0 Å². The largest absolute Gasteiger partial charge is 0.459 e. The first-order valence-corrected chi connectivity index (χ1v) is 7.61. The molecule has 1 aromatic carbocycles. The molecule has 6 nitrogen and oxygen atoms in total. The van der Waals surface area contributed by atoms with Crippen LogP contribution in [-0.2, 0) is 4.79 Å². The number of hydrogen-bond donors (Lipinski definition) is 2. The molecule has 2 N–H and O–H groups in total. The maximum absolute atomic E-state index is 12.2. The van der Waals surface area contributed by atoms with E-state index in [1.165, 1.54) is 12.3 Å². The number of nitrogens with one attached hydrogen (secondary N) is 2. The van der Waals surface area contributed by atoms with Gasteiger partial charge in [-0.1, -0.05) is 17.7 Å². The van der Waals surface area contributed by atoms with E-state index in [0.717, 1.165) is 22.4 Å². The quantitative estimate of drug-likeness (QED) is 0.652. The van der Waals surface area contributed by atoms with E-state index in [2.05, 4.69) is 15.8 Å². The number of anilines is 1. The lowest BCUT2D eigenvalue weighted by molar-refractivity contribution is -0.115. The second-order valence-electron chi connectivity index (χ2n) is 5.76. The molecule has 0 unspecified atom stereocenters. The smallest absolute Gasteiger partial charge is 0.307 e. The number of furan rings is 1. The van der Waals surface area contributed by atoms with Crippen LogP contribution in [0.3, 0.4) is 0 Å². The molecular formula is C18H21N3O3. The number of benzene rings is 1. The van der Waals surface area contributed by atoms with Crippen LogP contribution in [0.2, 0.25) is 0 Å². The Morgan fingerprint density at radius 2 is 1.83 bits per heavy atom. The fourth-order valence-electron chi connectivity index (χ4n) is 2.44. The summed E-state index contributed by atoms with van der Waals surface area (Å²) in [5.41, 5.74) is 6.86. The number of carbonyl (C=O) groups excluding carboxylic acids is 2. The second-order valence-corrected chi connectivity index (χ2v) is 5.76. The van der Waals surface area contributed by atoms with Crippen molar-refractivity contribution in [2.24, 2.45) is 5.10 Å². The van der Waals surface area contributed by atoms with E-state index in [1.807, 2.05) is 32.9 Å². The third-order valence-electron chi connectivity index (χ3n) is 3.45. The minimum Gasteiger partial charge on any atom is -0.459 e. The predicted octanol–water partition coefficient (Wildman–Crippen LogP) is 3.34. The molecule has 126 valence electrons. The summed E-state index contributed by atoms with van der Waals surface area (Å²) in [5.74, 6) is -0.467. The first-order valence-electron chi connectivity index (χ1n) is 7.61. The molecule has 0 bridgehead atoms. The number of rotatable bonds is 5. The molecule has 2 rings (SSSR count). The van der Waals surface area contributed by atoms with Gasteiger partial charge in [0.05, 0.1) is 12.7 Å². The SMILES string of the molecule is C/C(CC(=O)Nc1c(C)cc(C)cc1C)=N\NC(=O)c1ccco1. The zero-order chi connectivity index (χ0) is 17.7. The average molecular weight is 327 g/mol. The van der Waals surface area contributed by atoms with Gasteiger partial charge in [-0.25, -0.2) is 5.43 Å². The normalized spacial score (nSPS) is 11.2. The van der Waals surface area contributed by atoms with Crippen LogP contribution >= 0.6 is 0 Å². The third kappa shape index (κ3) is 4.55. The number of aryl methyl sites for hydroxylation is 3. The predicted molar refractivity (Wildman–Crippen MR) is 93.2 cm³/mol. The first kappa shape index (κ1) is 17.5. The molecule has 0 aliphatic rings. The standard InChI is InChI=1S/C18H21N3O3/c1-11-8-12(2)17(13(3)9-11)19-16(22)10-14(4)20-21-18(23)15-6-5-7-24-15/h5-9H,10H2,1-4H3,(H,19,22)(H,21,23)/b20-14+. The first-order chi connectivity index (χ1) is 11.4. The highest BCUT2D eigenvalue weighted by atomic mass is 16.3. The summed E-state index contributed by atoms with van der Waals surface area (Å²) in [6.07, 6.45) is 1.50. The van der Waals surface area contributed by atoms with Gasteiger partial charge in [-0.05, 0) is 51.0 Å². The number of carbonyl (C=O) groups is 2. The number of amides is 2. The highest BCUT2D eigenvalue weighted by Crippen LogP contribution is 2.22. The van der Waals surface area contributed by atoms with Crippen LogP contribution in [0, 0.1) is 20.8 Å². The van der Waals surface area contributed by atoms with E-state index in [9.17, 15) is 9.59 Å². The van der Waals surface area contributed by atoms with Crippen molar-refractivity contribution in [1.82, 2.24) is 5.43 Å². The molecule has 2 aromatic rings. The Kier molecular flexibility index (Phi) is 5.52. The molecule has 0 saturated carbocycles. The average Bonchev–Trinajstić information content (AvgIpc) is 3.03. The second kappa shape index (κ2) is 7.59. The molecule has 0 spiro atoms. The molecule has 1 heterocycles. The Labute approximate surface area is 140 Å². The van der Waals surface area contributed by atoms with Gasteiger partial charge in [-0.15, -0.1) is 0 Å². The third-order valence-corrected chi connectivity index (χ3v) is 3.45. The van der Waals surface area contributed by atoms with Gasteiger partial charge in [0.25, 0.3) is 0 Å². The van der Waals surface area contributed by atoms with Crippen LogP contribution in [0.25, 0.3) is 0 Å². The van der Waals surface area contributed by atoms with E-state index in [1.54, 1.807) is 13.0 Å².